The number of pyridine rings is 1. The third kappa shape index (κ3) is 4.23. The summed E-state index contributed by atoms with van der Waals surface area (Å²) in [6.07, 6.45) is 5.04. The average molecular weight is 394 g/mol. The molecule has 0 saturated carbocycles. The van der Waals surface area contributed by atoms with Gasteiger partial charge in [0.1, 0.15) is 5.82 Å². The summed E-state index contributed by atoms with van der Waals surface area (Å²) in [6, 6.07) is 12.5. The molecule has 1 aromatic heterocycles. The zero-order chi connectivity index (χ0) is 20.2. The number of amides is 1. The molecule has 2 aliphatic rings. The highest BCUT2D eigenvalue weighted by molar-refractivity contribution is 5.79. The minimum atomic E-state index is -0.386. The zero-order valence-electron chi connectivity index (χ0n) is 16.5. The molecule has 0 radical (unpaired) electrons. The molecule has 0 spiro atoms. The van der Waals surface area contributed by atoms with Crippen LogP contribution in [0.5, 0.6) is 0 Å². The van der Waals surface area contributed by atoms with Crippen LogP contribution in [0.4, 0.5) is 11.5 Å². The topological polar surface area (TPSA) is 79.6 Å². The lowest BCUT2D eigenvalue weighted by molar-refractivity contribution is -0.384. The molecule has 2 aromatic rings. The van der Waals surface area contributed by atoms with Crippen molar-refractivity contribution < 1.29 is 9.72 Å². The van der Waals surface area contributed by atoms with Gasteiger partial charge >= 0.3 is 0 Å². The molecule has 7 heteroatoms. The summed E-state index contributed by atoms with van der Waals surface area (Å²) in [5.74, 6) is 1.11. The second-order valence-corrected chi connectivity index (χ2v) is 7.81. The van der Waals surface area contributed by atoms with Crippen LogP contribution in [0, 0.1) is 16.0 Å². The molecule has 0 aliphatic carbocycles. The first-order valence-electron chi connectivity index (χ1n) is 10.4. The number of likely N-dealkylation sites (tertiary alicyclic amines) is 1. The summed E-state index contributed by atoms with van der Waals surface area (Å²) in [6.45, 7) is 3.26. The van der Waals surface area contributed by atoms with E-state index in [9.17, 15) is 14.9 Å². The van der Waals surface area contributed by atoms with E-state index in [1.165, 1.54) is 12.5 Å². The van der Waals surface area contributed by atoms with E-state index in [4.69, 9.17) is 0 Å². The second kappa shape index (κ2) is 8.59. The molecule has 2 aliphatic heterocycles. The maximum absolute atomic E-state index is 12.8. The van der Waals surface area contributed by atoms with Crippen molar-refractivity contribution in [2.45, 2.75) is 32.1 Å². The third-order valence-electron chi connectivity index (χ3n) is 5.94. The molecule has 1 aromatic carbocycles. The van der Waals surface area contributed by atoms with Gasteiger partial charge in [0.15, 0.2) is 5.69 Å². The molecule has 2 fully saturated rings. The lowest BCUT2D eigenvalue weighted by Crippen LogP contribution is -2.44. The molecule has 3 heterocycles. The molecule has 1 amide bonds. The standard InChI is InChI=1S/C22H26N4O3/c27-22(25-13-5-2-6-14-25)18-11-15-24(16-12-18)20-10-9-19(26(28)29)21(23-20)17-7-3-1-4-8-17/h1,3-4,7-10,18H,2,5-6,11-16H2. The fourth-order valence-corrected chi connectivity index (χ4v) is 4.30. The Kier molecular flexibility index (Phi) is 5.74. The number of hydrogen-bond acceptors (Lipinski definition) is 5. The number of nitro groups is 1. The maximum Gasteiger partial charge on any atom is 0.295 e. The number of hydrogen-bond donors (Lipinski definition) is 0. The molecular weight excluding hydrogens is 368 g/mol. The first-order valence-corrected chi connectivity index (χ1v) is 10.4. The van der Waals surface area contributed by atoms with E-state index >= 15 is 0 Å². The Morgan fingerprint density at radius 3 is 2.31 bits per heavy atom. The maximum atomic E-state index is 12.8. The van der Waals surface area contributed by atoms with Crippen LogP contribution in [0.1, 0.15) is 32.1 Å². The molecular formula is C22H26N4O3. The van der Waals surface area contributed by atoms with Gasteiger partial charge in [-0.15, -0.1) is 0 Å². The molecule has 29 heavy (non-hydrogen) atoms. The Bertz CT molecular complexity index is 873. The van der Waals surface area contributed by atoms with E-state index in [1.807, 2.05) is 35.2 Å². The van der Waals surface area contributed by atoms with Crippen LogP contribution in [0.15, 0.2) is 42.5 Å². The summed E-state index contributed by atoms with van der Waals surface area (Å²) in [5.41, 5.74) is 1.13. The molecule has 7 nitrogen and oxygen atoms in total. The van der Waals surface area contributed by atoms with Gasteiger partial charge in [0.25, 0.3) is 5.69 Å². The van der Waals surface area contributed by atoms with Crippen molar-refractivity contribution in [3.05, 3.63) is 52.6 Å². The Morgan fingerprint density at radius 1 is 0.966 bits per heavy atom. The number of aromatic nitrogens is 1. The van der Waals surface area contributed by atoms with Gasteiger partial charge in [0.05, 0.1) is 4.92 Å². The van der Waals surface area contributed by atoms with Gasteiger partial charge in [-0.3, -0.25) is 14.9 Å². The van der Waals surface area contributed by atoms with Crippen molar-refractivity contribution >= 4 is 17.4 Å². The molecule has 4 rings (SSSR count). The Morgan fingerprint density at radius 2 is 1.66 bits per heavy atom. The van der Waals surface area contributed by atoms with Crippen LogP contribution >= 0.6 is 0 Å². The first-order chi connectivity index (χ1) is 14.1. The highest BCUT2D eigenvalue weighted by Crippen LogP contribution is 2.32. The average Bonchev–Trinajstić information content (AvgIpc) is 2.79. The minimum Gasteiger partial charge on any atom is -0.357 e. The number of piperidine rings is 2. The van der Waals surface area contributed by atoms with Crippen molar-refractivity contribution in [1.82, 2.24) is 9.88 Å². The van der Waals surface area contributed by atoms with Crippen LogP contribution in [-0.4, -0.2) is 46.9 Å². The van der Waals surface area contributed by atoms with Crippen LogP contribution in [0.3, 0.4) is 0 Å². The molecule has 0 bridgehead atoms. The van der Waals surface area contributed by atoms with Crippen LogP contribution < -0.4 is 4.90 Å². The predicted octanol–water partition coefficient (Wildman–Crippen LogP) is 3.89. The summed E-state index contributed by atoms with van der Waals surface area (Å²) >= 11 is 0. The van der Waals surface area contributed by atoms with Gasteiger partial charge in [-0.2, -0.15) is 0 Å². The number of nitrogens with zero attached hydrogens (tertiary/aromatic N) is 4. The molecule has 0 atom stereocenters. The fraction of sp³-hybridized carbons (Fsp3) is 0.455. The van der Waals surface area contributed by atoms with E-state index in [0.717, 1.165) is 63.2 Å². The summed E-state index contributed by atoms with van der Waals surface area (Å²) in [4.78, 5) is 32.6. The molecule has 0 unspecified atom stereocenters. The Labute approximate surface area is 170 Å². The summed E-state index contributed by atoms with van der Waals surface area (Å²) < 4.78 is 0. The highest BCUT2D eigenvalue weighted by Gasteiger charge is 2.30. The molecule has 152 valence electrons. The van der Waals surface area contributed by atoms with Crippen molar-refractivity contribution in [2.24, 2.45) is 5.92 Å². The smallest absolute Gasteiger partial charge is 0.295 e. The fourth-order valence-electron chi connectivity index (χ4n) is 4.30. The predicted molar refractivity (Wildman–Crippen MR) is 112 cm³/mol. The minimum absolute atomic E-state index is 0.00936. The van der Waals surface area contributed by atoms with Crippen LogP contribution in [0.2, 0.25) is 0 Å². The van der Waals surface area contributed by atoms with Gasteiger partial charge in [0, 0.05) is 43.7 Å². The van der Waals surface area contributed by atoms with Crippen LogP contribution in [-0.2, 0) is 4.79 Å². The van der Waals surface area contributed by atoms with Crippen molar-refractivity contribution in [3.63, 3.8) is 0 Å². The highest BCUT2D eigenvalue weighted by atomic mass is 16.6. The van der Waals surface area contributed by atoms with Crippen molar-refractivity contribution in [3.8, 4) is 11.3 Å². The van der Waals surface area contributed by atoms with Crippen molar-refractivity contribution in [1.29, 1.82) is 0 Å². The lowest BCUT2D eigenvalue weighted by atomic mass is 9.94. The van der Waals surface area contributed by atoms with Crippen molar-refractivity contribution in [2.75, 3.05) is 31.1 Å². The molecule has 2 saturated heterocycles. The third-order valence-corrected chi connectivity index (χ3v) is 5.94. The monoisotopic (exact) mass is 394 g/mol. The Hall–Kier alpha value is -2.96. The van der Waals surface area contributed by atoms with Gasteiger partial charge < -0.3 is 9.80 Å². The quantitative estimate of drug-likeness (QED) is 0.581. The number of carbonyl (C=O) groups is 1. The zero-order valence-corrected chi connectivity index (χ0v) is 16.5. The number of benzene rings is 1. The lowest BCUT2D eigenvalue weighted by Gasteiger charge is -2.36. The first kappa shape index (κ1) is 19.4. The van der Waals surface area contributed by atoms with Gasteiger partial charge in [0.2, 0.25) is 5.91 Å². The number of carbonyl (C=O) groups excluding carboxylic acids is 1. The van der Waals surface area contributed by atoms with E-state index in [2.05, 4.69) is 9.88 Å². The molecule has 0 N–H and O–H groups in total. The van der Waals surface area contributed by atoms with Gasteiger partial charge in [-0.05, 0) is 38.2 Å². The van der Waals surface area contributed by atoms with E-state index < -0.39 is 0 Å². The van der Waals surface area contributed by atoms with Gasteiger partial charge in [-0.25, -0.2) is 4.98 Å². The normalized spacial score (nSPS) is 17.9. The van der Waals surface area contributed by atoms with E-state index in [0.29, 0.717) is 11.6 Å². The second-order valence-electron chi connectivity index (χ2n) is 7.81. The van der Waals surface area contributed by atoms with E-state index in [1.54, 1.807) is 6.07 Å². The number of rotatable bonds is 4. The number of anilines is 1. The largest absolute Gasteiger partial charge is 0.357 e. The SMILES string of the molecule is O=C(C1CCN(c2ccc([N+](=O)[O-])c(-c3ccccc3)n2)CC1)N1CCCCC1. The van der Waals surface area contributed by atoms with Crippen LogP contribution in [0.25, 0.3) is 11.3 Å². The Balaban J connectivity index is 1.48. The summed E-state index contributed by atoms with van der Waals surface area (Å²) in [7, 11) is 0. The summed E-state index contributed by atoms with van der Waals surface area (Å²) in [5, 5.41) is 11.5. The van der Waals surface area contributed by atoms with E-state index in [-0.39, 0.29) is 16.5 Å². The van der Waals surface area contributed by atoms with Gasteiger partial charge in [-0.1, -0.05) is 30.3 Å².